The Morgan fingerprint density at radius 1 is 1.26 bits per heavy atom. The SMILES string of the molecule is CC1(C)C2CCC1(CS(=O)(=O)OCCOC(=O)C(F)(F)S(=O)(=O)O)C(=O)C2. The van der Waals surface area contributed by atoms with Gasteiger partial charge in [-0.25, -0.2) is 4.79 Å². The average molecular weight is 434 g/mol. The topological polar surface area (TPSA) is 141 Å². The van der Waals surface area contributed by atoms with Crippen LogP contribution in [0.25, 0.3) is 0 Å². The van der Waals surface area contributed by atoms with Gasteiger partial charge in [-0.2, -0.15) is 25.6 Å². The molecular weight excluding hydrogens is 414 g/mol. The van der Waals surface area contributed by atoms with E-state index in [4.69, 9.17) is 4.55 Å². The molecule has 2 atom stereocenters. The molecule has 9 nitrogen and oxygen atoms in total. The van der Waals surface area contributed by atoms with Gasteiger partial charge in [-0.15, -0.1) is 0 Å². The van der Waals surface area contributed by atoms with Gasteiger partial charge in [0.1, 0.15) is 19.0 Å². The number of rotatable bonds is 8. The van der Waals surface area contributed by atoms with Gasteiger partial charge in [-0.1, -0.05) is 13.8 Å². The molecule has 0 amide bonds. The number of ether oxygens (including phenoxy) is 1. The predicted octanol–water partition coefficient (Wildman–Crippen LogP) is 0.752. The van der Waals surface area contributed by atoms with Crippen LogP contribution in [-0.2, 0) is 38.7 Å². The summed E-state index contributed by atoms with van der Waals surface area (Å²) in [5.41, 5.74) is -1.60. The van der Waals surface area contributed by atoms with Gasteiger partial charge >= 0.3 is 21.3 Å². The zero-order valence-corrected chi connectivity index (χ0v) is 16.2. The lowest BCUT2D eigenvalue weighted by molar-refractivity contribution is -0.162. The molecule has 0 saturated heterocycles. The molecule has 0 aromatic carbocycles. The molecule has 2 bridgehead atoms. The maximum absolute atomic E-state index is 13.0. The molecule has 2 rings (SSSR count). The van der Waals surface area contributed by atoms with Crippen molar-refractivity contribution in [3.05, 3.63) is 0 Å². The van der Waals surface area contributed by atoms with E-state index in [0.29, 0.717) is 12.8 Å². The van der Waals surface area contributed by atoms with Gasteiger partial charge in [0, 0.05) is 6.42 Å². The lowest BCUT2D eigenvalue weighted by atomic mass is 9.70. The number of fused-ring (bicyclic) bond motifs is 2. The first-order valence-corrected chi connectivity index (χ1v) is 11.0. The van der Waals surface area contributed by atoms with Gasteiger partial charge in [0.2, 0.25) is 0 Å². The third kappa shape index (κ3) is 3.74. The quantitative estimate of drug-likeness (QED) is 0.253. The summed E-state index contributed by atoms with van der Waals surface area (Å²) in [7, 11) is -10.3. The fourth-order valence-electron chi connectivity index (χ4n) is 3.94. The molecular formula is C14H20F2O9S2. The molecule has 0 heterocycles. The summed E-state index contributed by atoms with van der Waals surface area (Å²) in [5.74, 6) is -3.20. The molecule has 0 spiro atoms. The standard InChI is InChI=1S/C14H20F2O9S2/c1-12(2)9-3-4-13(12,10(17)7-9)8-26(19,20)25-6-5-24-11(18)14(15,16)27(21,22)23/h9H,3-8H2,1-2H3,(H,21,22,23). The number of Topliss-reactive ketones (excluding diaryl/α,β-unsaturated/α-hetero) is 1. The number of carbonyl (C=O) groups excluding carboxylic acids is 2. The van der Waals surface area contributed by atoms with Crippen molar-refractivity contribution in [1.82, 2.24) is 0 Å². The van der Waals surface area contributed by atoms with E-state index in [0.717, 1.165) is 6.42 Å². The Kier molecular flexibility index (Phi) is 5.49. The number of hydrogen-bond donors (Lipinski definition) is 1. The van der Waals surface area contributed by atoms with E-state index < -0.39 is 61.3 Å². The zero-order chi connectivity index (χ0) is 20.9. The molecule has 2 unspecified atom stereocenters. The van der Waals surface area contributed by atoms with E-state index in [-0.39, 0.29) is 11.7 Å². The molecule has 0 aliphatic heterocycles. The minimum absolute atomic E-state index is 0.0869. The highest BCUT2D eigenvalue weighted by atomic mass is 32.2. The van der Waals surface area contributed by atoms with Crippen molar-refractivity contribution in [3.8, 4) is 0 Å². The molecule has 2 aliphatic carbocycles. The molecule has 2 fully saturated rings. The maximum atomic E-state index is 13.0. The van der Waals surface area contributed by atoms with Gasteiger partial charge in [-0.05, 0) is 24.2 Å². The van der Waals surface area contributed by atoms with Crippen LogP contribution < -0.4 is 0 Å². The van der Waals surface area contributed by atoms with Crippen LogP contribution in [0.2, 0.25) is 0 Å². The van der Waals surface area contributed by atoms with Crippen LogP contribution in [0.4, 0.5) is 8.78 Å². The van der Waals surface area contributed by atoms with E-state index in [1.807, 2.05) is 13.8 Å². The second-order valence-electron chi connectivity index (χ2n) is 7.32. The Labute approximate surface area is 155 Å². The van der Waals surface area contributed by atoms with Crippen molar-refractivity contribution in [2.24, 2.45) is 16.7 Å². The molecule has 1 N–H and O–H groups in total. The molecule has 156 valence electrons. The Balaban J connectivity index is 1.93. The van der Waals surface area contributed by atoms with E-state index in [2.05, 4.69) is 8.92 Å². The highest BCUT2D eigenvalue weighted by Crippen LogP contribution is 2.64. The Morgan fingerprint density at radius 3 is 2.30 bits per heavy atom. The molecule has 2 saturated carbocycles. The molecule has 0 aromatic heterocycles. The summed E-state index contributed by atoms with van der Waals surface area (Å²) >= 11 is 0. The van der Waals surface area contributed by atoms with Crippen molar-refractivity contribution in [3.63, 3.8) is 0 Å². The fourth-order valence-corrected chi connectivity index (χ4v) is 5.89. The highest BCUT2D eigenvalue weighted by molar-refractivity contribution is 7.87. The second kappa shape index (κ2) is 6.71. The van der Waals surface area contributed by atoms with Gasteiger partial charge < -0.3 is 4.74 Å². The van der Waals surface area contributed by atoms with Gasteiger partial charge in [0.25, 0.3) is 10.1 Å². The second-order valence-corrected chi connectivity index (χ2v) is 10.4. The number of alkyl halides is 2. The smallest absolute Gasteiger partial charge is 0.458 e. The van der Waals surface area contributed by atoms with E-state index in [9.17, 15) is 35.2 Å². The Hall–Kier alpha value is -1.18. The minimum Gasteiger partial charge on any atom is -0.458 e. The van der Waals surface area contributed by atoms with E-state index >= 15 is 0 Å². The summed E-state index contributed by atoms with van der Waals surface area (Å²) in [5, 5.41) is -5.18. The van der Waals surface area contributed by atoms with Crippen LogP contribution in [0.3, 0.4) is 0 Å². The van der Waals surface area contributed by atoms with Crippen LogP contribution in [0.1, 0.15) is 33.1 Å². The lowest BCUT2D eigenvalue weighted by Crippen LogP contribution is -2.43. The van der Waals surface area contributed by atoms with Gasteiger partial charge in [0.15, 0.2) is 0 Å². The molecule has 0 radical (unpaired) electrons. The maximum Gasteiger partial charge on any atom is 0.465 e. The van der Waals surface area contributed by atoms with Crippen molar-refractivity contribution in [1.29, 1.82) is 0 Å². The minimum atomic E-state index is -6.01. The lowest BCUT2D eigenvalue weighted by Gasteiger charge is -2.35. The molecule has 0 aromatic rings. The summed E-state index contributed by atoms with van der Waals surface area (Å²) in [6.07, 6.45) is 1.42. The highest BCUT2D eigenvalue weighted by Gasteiger charge is 2.65. The summed E-state index contributed by atoms with van der Waals surface area (Å²) in [6.45, 7) is 1.81. The van der Waals surface area contributed by atoms with Crippen LogP contribution in [0.5, 0.6) is 0 Å². The number of ketones is 1. The number of halogens is 2. The summed E-state index contributed by atoms with van der Waals surface area (Å²) in [4.78, 5) is 23.3. The van der Waals surface area contributed by atoms with Crippen LogP contribution in [0.15, 0.2) is 0 Å². The summed E-state index contributed by atoms with van der Waals surface area (Å²) in [6, 6.07) is 0. The molecule has 27 heavy (non-hydrogen) atoms. The normalized spacial score (nSPS) is 27.7. The van der Waals surface area contributed by atoms with E-state index in [1.54, 1.807) is 0 Å². The van der Waals surface area contributed by atoms with Crippen LogP contribution >= 0.6 is 0 Å². The third-order valence-corrected chi connectivity index (χ3v) is 7.89. The Bertz CT molecular complexity index is 848. The first-order chi connectivity index (χ1) is 12.1. The first kappa shape index (κ1) is 22.1. The van der Waals surface area contributed by atoms with Gasteiger partial charge in [-0.3, -0.25) is 13.5 Å². The molecule has 2 aliphatic rings. The number of carbonyl (C=O) groups is 2. The first-order valence-electron chi connectivity index (χ1n) is 7.99. The third-order valence-electron chi connectivity index (χ3n) is 5.70. The molecule has 13 heteroatoms. The van der Waals surface area contributed by atoms with Crippen LogP contribution in [-0.4, -0.2) is 57.4 Å². The predicted molar refractivity (Wildman–Crippen MR) is 85.8 cm³/mol. The van der Waals surface area contributed by atoms with Crippen molar-refractivity contribution >= 4 is 32.0 Å². The summed E-state index contributed by atoms with van der Waals surface area (Å²) < 4.78 is 87.9. The number of esters is 1. The van der Waals surface area contributed by atoms with Crippen molar-refractivity contribution < 1.29 is 48.7 Å². The van der Waals surface area contributed by atoms with Gasteiger partial charge in [0.05, 0.1) is 11.2 Å². The average Bonchev–Trinajstić information content (AvgIpc) is 2.83. The zero-order valence-electron chi connectivity index (χ0n) is 14.6. The van der Waals surface area contributed by atoms with E-state index in [1.165, 1.54) is 0 Å². The van der Waals surface area contributed by atoms with Crippen molar-refractivity contribution in [2.75, 3.05) is 19.0 Å². The largest absolute Gasteiger partial charge is 0.465 e. The Morgan fingerprint density at radius 2 is 1.85 bits per heavy atom. The number of hydrogen-bond acceptors (Lipinski definition) is 8. The monoisotopic (exact) mass is 434 g/mol. The van der Waals surface area contributed by atoms with Crippen molar-refractivity contribution in [2.45, 2.75) is 38.4 Å². The fraction of sp³-hybridized carbons (Fsp3) is 0.857. The van der Waals surface area contributed by atoms with Crippen LogP contribution in [0, 0.1) is 16.7 Å².